The number of carbonyl (C=O) groups is 1. The largest absolute Gasteiger partial charge is 0.336 e. The zero-order valence-electron chi connectivity index (χ0n) is 10.6. The standard InChI is InChI=1S/C12H16N4O3/c1-2-15(8-6-7-8)12(17)9-4-3-5-10(16(18)19)11(9)14-13/h3-5,8,14H,2,6-7,13H2,1H3. The zero-order valence-corrected chi connectivity index (χ0v) is 10.6. The number of nitro benzene ring substituents is 1. The number of benzene rings is 1. The Hall–Kier alpha value is -2.15. The van der Waals surface area contributed by atoms with Crippen LogP contribution in [0.25, 0.3) is 0 Å². The van der Waals surface area contributed by atoms with Crippen LogP contribution in [0.2, 0.25) is 0 Å². The van der Waals surface area contributed by atoms with Crippen molar-refractivity contribution >= 4 is 17.3 Å². The zero-order chi connectivity index (χ0) is 14.0. The van der Waals surface area contributed by atoms with E-state index in [0.717, 1.165) is 12.8 Å². The Balaban J connectivity index is 2.40. The van der Waals surface area contributed by atoms with Crippen molar-refractivity contribution in [2.24, 2.45) is 5.84 Å². The number of nitrogens with two attached hydrogens (primary N) is 1. The van der Waals surface area contributed by atoms with Crippen molar-refractivity contribution < 1.29 is 9.72 Å². The summed E-state index contributed by atoms with van der Waals surface area (Å²) < 4.78 is 0. The first-order valence-electron chi connectivity index (χ1n) is 6.15. The second-order valence-electron chi connectivity index (χ2n) is 4.42. The highest BCUT2D eigenvalue weighted by atomic mass is 16.6. The summed E-state index contributed by atoms with van der Waals surface area (Å²) in [6.45, 7) is 2.47. The number of rotatable bonds is 5. The molecule has 0 spiro atoms. The molecule has 19 heavy (non-hydrogen) atoms. The van der Waals surface area contributed by atoms with Gasteiger partial charge in [-0.3, -0.25) is 20.8 Å². The van der Waals surface area contributed by atoms with Gasteiger partial charge in [0.2, 0.25) is 0 Å². The molecule has 1 saturated carbocycles. The molecule has 1 amide bonds. The van der Waals surface area contributed by atoms with Gasteiger partial charge in [0.25, 0.3) is 11.6 Å². The lowest BCUT2D eigenvalue weighted by Crippen LogP contribution is -2.33. The third-order valence-electron chi connectivity index (χ3n) is 3.20. The first kappa shape index (κ1) is 13.3. The fourth-order valence-electron chi connectivity index (χ4n) is 2.13. The van der Waals surface area contributed by atoms with Crippen LogP contribution in [-0.4, -0.2) is 28.3 Å². The summed E-state index contributed by atoms with van der Waals surface area (Å²) in [5.41, 5.74) is 2.39. The SMILES string of the molecule is CCN(C(=O)c1cccc([N+](=O)[O-])c1NN)C1CC1. The van der Waals surface area contributed by atoms with Gasteiger partial charge < -0.3 is 10.3 Å². The Kier molecular flexibility index (Phi) is 3.66. The summed E-state index contributed by atoms with van der Waals surface area (Å²) in [6, 6.07) is 4.62. The fraction of sp³-hybridized carbons (Fsp3) is 0.417. The van der Waals surface area contributed by atoms with E-state index in [9.17, 15) is 14.9 Å². The highest BCUT2D eigenvalue weighted by Crippen LogP contribution is 2.32. The number of para-hydroxylation sites is 1. The smallest absolute Gasteiger partial charge is 0.294 e. The van der Waals surface area contributed by atoms with Crippen LogP contribution in [0, 0.1) is 10.1 Å². The lowest BCUT2D eigenvalue weighted by atomic mass is 10.1. The molecule has 1 aromatic carbocycles. The molecule has 0 saturated heterocycles. The van der Waals surface area contributed by atoms with Crippen molar-refractivity contribution in [3.05, 3.63) is 33.9 Å². The molecule has 1 aliphatic rings. The van der Waals surface area contributed by atoms with Gasteiger partial charge in [-0.2, -0.15) is 0 Å². The Morgan fingerprint density at radius 1 is 1.58 bits per heavy atom. The van der Waals surface area contributed by atoms with Gasteiger partial charge >= 0.3 is 0 Å². The number of anilines is 1. The average Bonchev–Trinajstić information content (AvgIpc) is 3.22. The number of nitrogens with one attached hydrogen (secondary N) is 1. The molecule has 7 heteroatoms. The van der Waals surface area contributed by atoms with E-state index in [2.05, 4.69) is 5.43 Å². The molecule has 0 heterocycles. The number of hydrogen-bond donors (Lipinski definition) is 2. The molecule has 7 nitrogen and oxygen atoms in total. The molecule has 1 fully saturated rings. The third kappa shape index (κ3) is 2.50. The summed E-state index contributed by atoms with van der Waals surface area (Å²) in [6.07, 6.45) is 1.97. The van der Waals surface area contributed by atoms with Crippen molar-refractivity contribution in [2.45, 2.75) is 25.8 Å². The second kappa shape index (κ2) is 5.23. The van der Waals surface area contributed by atoms with Crippen LogP contribution in [0.5, 0.6) is 0 Å². The summed E-state index contributed by atoms with van der Waals surface area (Å²) in [7, 11) is 0. The number of hydrazine groups is 1. The molecule has 1 aromatic rings. The monoisotopic (exact) mass is 264 g/mol. The Morgan fingerprint density at radius 3 is 2.74 bits per heavy atom. The number of nitro groups is 1. The molecular formula is C12H16N4O3. The van der Waals surface area contributed by atoms with Crippen LogP contribution in [0.4, 0.5) is 11.4 Å². The van der Waals surface area contributed by atoms with Gasteiger partial charge in [0.15, 0.2) is 0 Å². The first-order valence-corrected chi connectivity index (χ1v) is 6.15. The lowest BCUT2D eigenvalue weighted by molar-refractivity contribution is -0.384. The van der Waals surface area contributed by atoms with E-state index in [-0.39, 0.29) is 28.9 Å². The molecule has 0 aromatic heterocycles. The summed E-state index contributed by atoms with van der Waals surface area (Å²) in [5.74, 6) is 5.11. The molecule has 0 aliphatic heterocycles. The molecule has 0 bridgehead atoms. The Morgan fingerprint density at radius 2 is 2.26 bits per heavy atom. The molecule has 0 unspecified atom stereocenters. The first-order chi connectivity index (χ1) is 9.10. The van der Waals surface area contributed by atoms with Crippen molar-refractivity contribution in [3.8, 4) is 0 Å². The van der Waals surface area contributed by atoms with E-state index < -0.39 is 4.92 Å². The molecule has 3 N–H and O–H groups in total. The van der Waals surface area contributed by atoms with E-state index in [4.69, 9.17) is 5.84 Å². The van der Waals surface area contributed by atoms with Gasteiger partial charge in [-0.1, -0.05) is 6.07 Å². The Labute approximate surface area is 110 Å². The van der Waals surface area contributed by atoms with Crippen LogP contribution in [0.1, 0.15) is 30.1 Å². The third-order valence-corrected chi connectivity index (χ3v) is 3.20. The van der Waals surface area contributed by atoms with Crippen LogP contribution in [0.15, 0.2) is 18.2 Å². The number of hydrogen-bond acceptors (Lipinski definition) is 5. The normalized spacial score (nSPS) is 14.0. The summed E-state index contributed by atoms with van der Waals surface area (Å²) in [5, 5.41) is 10.9. The molecule has 2 rings (SSSR count). The van der Waals surface area contributed by atoms with Crippen LogP contribution in [-0.2, 0) is 0 Å². The van der Waals surface area contributed by atoms with Gasteiger partial charge in [0.1, 0.15) is 5.69 Å². The lowest BCUT2D eigenvalue weighted by Gasteiger charge is -2.21. The highest BCUT2D eigenvalue weighted by molar-refractivity contribution is 6.01. The van der Waals surface area contributed by atoms with Gasteiger partial charge in [0.05, 0.1) is 10.5 Å². The minimum Gasteiger partial charge on any atom is -0.336 e. The molecule has 102 valence electrons. The second-order valence-corrected chi connectivity index (χ2v) is 4.42. The predicted molar refractivity (Wildman–Crippen MR) is 70.6 cm³/mol. The van der Waals surface area contributed by atoms with Crippen LogP contribution < -0.4 is 11.3 Å². The van der Waals surface area contributed by atoms with E-state index in [1.54, 1.807) is 11.0 Å². The maximum Gasteiger partial charge on any atom is 0.294 e. The number of nitrogen functional groups attached to an aromatic ring is 1. The summed E-state index contributed by atoms with van der Waals surface area (Å²) >= 11 is 0. The van der Waals surface area contributed by atoms with E-state index in [1.807, 2.05) is 6.92 Å². The van der Waals surface area contributed by atoms with E-state index in [1.165, 1.54) is 12.1 Å². The van der Waals surface area contributed by atoms with Gasteiger partial charge in [0, 0.05) is 18.7 Å². The fourth-order valence-corrected chi connectivity index (χ4v) is 2.13. The van der Waals surface area contributed by atoms with Crippen molar-refractivity contribution in [1.29, 1.82) is 0 Å². The van der Waals surface area contributed by atoms with E-state index in [0.29, 0.717) is 6.54 Å². The highest BCUT2D eigenvalue weighted by Gasteiger charge is 2.33. The average molecular weight is 264 g/mol. The Bertz CT molecular complexity index is 514. The van der Waals surface area contributed by atoms with Crippen molar-refractivity contribution in [3.63, 3.8) is 0 Å². The predicted octanol–water partition coefficient (Wildman–Crippen LogP) is 1.50. The summed E-state index contributed by atoms with van der Waals surface area (Å²) in [4.78, 5) is 24.5. The molecule has 1 aliphatic carbocycles. The minimum atomic E-state index is -0.556. The van der Waals surface area contributed by atoms with Crippen molar-refractivity contribution in [1.82, 2.24) is 4.90 Å². The van der Waals surface area contributed by atoms with Crippen LogP contribution >= 0.6 is 0 Å². The number of carbonyl (C=O) groups excluding carboxylic acids is 1. The number of nitrogens with zero attached hydrogens (tertiary/aromatic N) is 2. The maximum atomic E-state index is 12.4. The van der Waals surface area contributed by atoms with Crippen molar-refractivity contribution in [2.75, 3.05) is 12.0 Å². The topological polar surface area (TPSA) is 102 Å². The quantitative estimate of drug-likeness (QED) is 0.476. The minimum absolute atomic E-state index is 0.0663. The molecule has 0 radical (unpaired) electrons. The van der Waals surface area contributed by atoms with Gasteiger partial charge in [-0.05, 0) is 25.8 Å². The maximum absolute atomic E-state index is 12.4. The number of amides is 1. The van der Waals surface area contributed by atoms with Crippen LogP contribution in [0.3, 0.4) is 0 Å². The van der Waals surface area contributed by atoms with Gasteiger partial charge in [-0.15, -0.1) is 0 Å². The molecule has 0 atom stereocenters. The van der Waals surface area contributed by atoms with E-state index >= 15 is 0 Å². The molecular weight excluding hydrogens is 248 g/mol. The van der Waals surface area contributed by atoms with Gasteiger partial charge in [-0.25, -0.2) is 0 Å².